The molecule has 1 fully saturated rings. The molecule has 1 aliphatic rings. The van der Waals surface area contributed by atoms with Crippen LogP contribution in [0.15, 0.2) is 23.0 Å². The van der Waals surface area contributed by atoms with E-state index in [2.05, 4.69) is 5.32 Å². The normalized spacial score (nSPS) is 14.3. The molecule has 1 saturated carbocycles. The molecule has 0 bridgehead atoms. The van der Waals surface area contributed by atoms with E-state index in [1.165, 1.54) is 12.5 Å². The van der Waals surface area contributed by atoms with Crippen LogP contribution in [0.1, 0.15) is 36.5 Å². The molecule has 0 radical (unpaired) electrons. The van der Waals surface area contributed by atoms with Crippen molar-refractivity contribution in [3.05, 3.63) is 24.2 Å². The summed E-state index contributed by atoms with van der Waals surface area (Å²) in [7, 11) is 0. The molecular formula is C13H18N2O3. The highest BCUT2D eigenvalue weighted by Crippen LogP contribution is 2.18. The number of hydrogen-bond donors (Lipinski definition) is 1. The van der Waals surface area contributed by atoms with Gasteiger partial charge in [0.25, 0.3) is 5.91 Å². The summed E-state index contributed by atoms with van der Waals surface area (Å²) in [4.78, 5) is 25.2. The zero-order valence-electron chi connectivity index (χ0n) is 10.5. The van der Waals surface area contributed by atoms with Crippen LogP contribution in [0, 0.1) is 0 Å². The van der Waals surface area contributed by atoms with Crippen molar-refractivity contribution >= 4 is 11.8 Å². The summed E-state index contributed by atoms with van der Waals surface area (Å²) in [6.07, 6.45) is 5.42. The van der Waals surface area contributed by atoms with E-state index in [0.29, 0.717) is 31.1 Å². The lowest BCUT2D eigenvalue weighted by molar-refractivity contribution is -0.121. The molecule has 5 heteroatoms. The topological polar surface area (TPSA) is 62.6 Å². The van der Waals surface area contributed by atoms with Gasteiger partial charge in [0, 0.05) is 25.6 Å². The third-order valence-electron chi connectivity index (χ3n) is 2.99. The molecule has 1 aromatic rings. The fourth-order valence-electron chi connectivity index (χ4n) is 1.74. The van der Waals surface area contributed by atoms with E-state index in [1.54, 1.807) is 11.0 Å². The fraction of sp³-hybridized carbons (Fsp3) is 0.538. The van der Waals surface area contributed by atoms with Crippen molar-refractivity contribution in [1.82, 2.24) is 10.2 Å². The van der Waals surface area contributed by atoms with Crippen LogP contribution in [0.25, 0.3) is 0 Å². The molecule has 0 aromatic carbocycles. The van der Waals surface area contributed by atoms with E-state index in [-0.39, 0.29) is 11.8 Å². The number of carbonyl (C=O) groups is 2. The van der Waals surface area contributed by atoms with Crippen molar-refractivity contribution in [2.75, 3.05) is 13.1 Å². The Morgan fingerprint density at radius 2 is 2.28 bits per heavy atom. The van der Waals surface area contributed by atoms with E-state index in [9.17, 15) is 9.59 Å². The first kappa shape index (κ1) is 12.7. The molecule has 0 unspecified atom stereocenters. The lowest BCUT2D eigenvalue weighted by Gasteiger charge is -2.19. The average Bonchev–Trinajstić information content (AvgIpc) is 3.00. The number of amides is 2. The minimum atomic E-state index is -0.0922. The highest BCUT2D eigenvalue weighted by Gasteiger charge is 2.23. The molecule has 0 spiro atoms. The van der Waals surface area contributed by atoms with Crippen LogP contribution in [0.3, 0.4) is 0 Å². The number of furan rings is 1. The van der Waals surface area contributed by atoms with Crippen LogP contribution < -0.4 is 5.32 Å². The molecule has 1 aromatic heterocycles. The summed E-state index contributed by atoms with van der Waals surface area (Å²) in [6.45, 7) is 2.93. The largest absolute Gasteiger partial charge is 0.472 e. The van der Waals surface area contributed by atoms with Gasteiger partial charge in [0.1, 0.15) is 6.26 Å². The van der Waals surface area contributed by atoms with Gasteiger partial charge in [-0.05, 0) is 25.8 Å². The molecule has 1 N–H and O–H groups in total. The molecule has 98 valence electrons. The standard InChI is InChI=1S/C13H18N2O3/c1-2-15(13(17)10-6-8-18-9-10)7-5-12(16)14-11-3-4-11/h6,8-9,11H,2-5,7H2,1H3,(H,14,16). The van der Waals surface area contributed by atoms with Gasteiger partial charge in [-0.25, -0.2) is 0 Å². The summed E-state index contributed by atoms with van der Waals surface area (Å²) in [5, 5.41) is 2.91. The average molecular weight is 250 g/mol. The van der Waals surface area contributed by atoms with Crippen LogP contribution in [0.5, 0.6) is 0 Å². The zero-order chi connectivity index (χ0) is 13.0. The van der Waals surface area contributed by atoms with E-state index in [4.69, 9.17) is 4.42 Å². The number of nitrogens with one attached hydrogen (secondary N) is 1. The molecule has 2 amide bonds. The third kappa shape index (κ3) is 3.35. The van der Waals surface area contributed by atoms with E-state index in [1.807, 2.05) is 6.92 Å². The minimum absolute atomic E-state index is 0.0240. The molecule has 5 nitrogen and oxygen atoms in total. The molecular weight excluding hydrogens is 232 g/mol. The Kier molecular flexibility index (Phi) is 4.02. The summed E-state index contributed by atoms with van der Waals surface area (Å²) in [6, 6.07) is 2.01. The number of rotatable bonds is 6. The maximum absolute atomic E-state index is 12.0. The van der Waals surface area contributed by atoms with Gasteiger partial charge in [0.05, 0.1) is 11.8 Å². The quantitative estimate of drug-likeness (QED) is 0.830. The molecule has 0 atom stereocenters. The predicted octanol–water partition coefficient (Wildman–Crippen LogP) is 1.41. The van der Waals surface area contributed by atoms with E-state index < -0.39 is 0 Å². The Morgan fingerprint density at radius 1 is 1.50 bits per heavy atom. The van der Waals surface area contributed by atoms with E-state index >= 15 is 0 Å². The summed E-state index contributed by atoms with van der Waals surface area (Å²) >= 11 is 0. The first-order valence-corrected chi connectivity index (χ1v) is 6.31. The van der Waals surface area contributed by atoms with Crippen LogP contribution in [0.4, 0.5) is 0 Å². The van der Waals surface area contributed by atoms with Crippen molar-refractivity contribution in [3.63, 3.8) is 0 Å². The van der Waals surface area contributed by atoms with Crippen molar-refractivity contribution < 1.29 is 14.0 Å². The maximum atomic E-state index is 12.0. The van der Waals surface area contributed by atoms with Gasteiger partial charge in [-0.15, -0.1) is 0 Å². The molecule has 0 aliphatic heterocycles. The highest BCUT2D eigenvalue weighted by molar-refractivity contribution is 5.94. The Labute approximate surface area is 106 Å². The third-order valence-corrected chi connectivity index (χ3v) is 2.99. The second kappa shape index (κ2) is 5.71. The van der Waals surface area contributed by atoms with Gasteiger partial charge in [-0.1, -0.05) is 0 Å². The second-order valence-electron chi connectivity index (χ2n) is 4.49. The van der Waals surface area contributed by atoms with Crippen LogP contribution in [-0.2, 0) is 4.79 Å². The Bertz CT molecular complexity index is 410. The van der Waals surface area contributed by atoms with Crippen molar-refractivity contribution in [3.8, 4) is 0 Å². The van der Waals surface area contributed by atoms with Gasteiger partial charge in [0.2, 0.25) is 5.91 Å². The Balaban J connectivity index is 1.81. The van der Waals surface area contributed by atoms with Crippen molar-refractivity contribution in [1.29, 1.82) is 0 Å². The predicted molar refractivity (Wildman–Crippen MR) is 66.1 cm³/mol. The number of carbonyl (C=O) groups excluding carboxylic acids is 2. The molecule has 18 heavy (non-hydrogen) atoms. The fourth-order valence-corrected chi connectivity index (χ4v) is 1.74. The lowest BCUT2D eigenvalue weighted by Crippen LogP contribution is -2.35. The van der Waals surface area contributed by atoms with Gasteiger partial charge in [-0.2, -0.15) is 0 Å². The van der Waals surface area contributed by atoms with Crippen molar-refractivity contribution in [2.24, 2.45) is 0 Å². The second-order valence-corrected chi connectivity index (χ2v) is 4.49. The molecule has 2 rings (SSSR count). The number of nitrogens with zero attached hydrogens (tertiary/aromatic N) is 1. The Hall–Kier alpha value is -1.78. The van der Waals surface area contributed by atoms with Crippen LogP contribution in [0.2, 0.25) is 0 Å². The van der Waals surface area contributed by atoms with Crippen LogP contribution in [-0.4, -0.2) is 35.8 Å². The molecule has 0 saturated heterocycles. The molecule has 1 heterocycles. The van der Waals surface area contributed by atoms with E-state index in [0.717, 1.165) is 12.8 Å². The highest BCUT2D eigenvalue weighted by atomic mass is 16.3. The van der Waals surface area contributed by atoms with Gasteiger partial charge < -0.3 is 14.6 Å². The van der Waals surface area contributed by atoms with Crippen LogP contribution >= 0.6 is 0 Å². The maximum Gasteiger partial charge on any atom is 0.257 e. The van der Waals surface area contributed by atoms with Crippen molar-refractivity contribution in [2.45, 2.75) is 32.2 Å². The summed E-state index contributed by atoms with van der Waals surface area (Å²) in [5.74, 6) is -0.0681. The monoisotopic (exact) mass is 250 g/mol. The zero-order valence-corrected chi connectivity index (χ0v) is 10.5. The first-order chi connectivity index (χ1) is 8.70. The summed E-state index contributed by atoms with van der Waals surface area (Å²) < 4.78 is 4.89. The molecule has 1 aliphatic carbocycles. The first-order valence-electron chi connectivity index (χ1n) is 6.31. The van der Waals surface area contributed by atoms with Gasteiger partial charge >= 0.3 is 0 Å². The smallest absolute Gasteiger partial charge is 0.257 e. The number of hydrogen-bond acceptors (Lipinski definition) is 3. The van der Waals surface area contributed by atoms with Gasteiger partial charge in [-0.3, -0.25) is 9.59 Å². The van der Waals surface area contributed by atoms with Gasteiger partial charge in [0.15, 0.2) is 0 Å². The Morgan fingerprint density at radius 3 is 2.83 bits per heavy atom. The summed E-state index contributed by atoms with van der Waals surface area (Å²) in [5.41, 5.74) is 0.527. The minimum Gasteiger partial charge on any atom is -0.472 e. The SMILES string of the molecule is CCN(CCC(=O)NC1CC1)C(=O)c1ccoc1. The lowest BCUT2D eigenvalue weighted by atomic mass is 10.2.